The number of carbonyl (C=O) groups excluding carboxylic acids is 2. The van der Waals surface area contributed by atoms with Crippen LogP contribution in [0.5, 0.6) is 11.5 Å². The van der Waals surface area contributed by atoms with Crippen molar-refractivity contribution in [2.24, 2.45) is 5.92 Å². The fourth-order valence-electron chi connectivity index (χ4n) is 2.64. The van der Waals surface area contributed by atoms with Crippen LogP contribution in [0.4, 0.5) is 4.79 Å². The molecule has 0 radical (unpaired) electrons. The van der Waals surface area contributed by atoms with Gasteiger partial charge in [-0.3, -0.25) is 4.79 Å². The van der Waals surface area contributed by atoms with Crippen molar-refractivity contribution in [3.63, 3.8) is 0 Å². The quantitative estimate of drug-likeness (QED) is 0.828. The van der Waals surface area contributed by atoms with E-state index in [1.807, 2.05) is 6.92 Å². The maximum atomic E-state index is 12.4. The van der Waals surface area contributed by atoms with E-state index < -0.39 is 24.0 Å². The highest BCUT2D eigenvalue weighted by atomic mass is 16.7. The van der Waals surface area contributed by atoms with Gasteiger partial charge in [0, 0.05) is 5.70 Å². The fraction of sp³-hybridized carbons (Fsp3) is 0.375. The topological polar surface area (TPSA) is 85.9 Å². The predicted octanol–water partition coefficient (Wildman–Crippen LogP) is 1.85. The molecule has 0 bridgehead atoms. The molecule has 2 aliphatic rings. The van der Waals surface area contributed by atoms with E-state index in [1.165, 1.54) is 0 Å². The highest BCUT2D eigenvalue weighted by Gasteiger charge is 2.39. The zero-order valence-corrected chi connectivity index (χ0v) is 12.8. The number of ether oxygens (including phenoxy) is 3. The number of benzene rings is 1. The van der Waals surface area contributed by atoms with E-state index in [1.54, 1.807) is 18.2 Å². The fourth-order valence-corrected chi connectivity index (χ4v) is 2.64. The second kappa shape index (κ2) is 6.20. The second-order valence-electron chi connectivity index (χ2n) is 5.36. The zero-order valence-electron chi connectivity index (χ0n) is 12.8. The van der Waals surface area contributed by atoms with E-state index in [0.29, 0.717) is 23.8 Å². The van der Waals surface area contributed by atoms with E-state index in [0.717, 1.165) is 12.0 Å². The number of fused-ring (bicyclic) bond motifs is 1. The lowest BCUT2D eigenvalue weighted by atomic mass is 9.89. The molecule has 2 atom stereocenters. The summed E-state index contributed by atoms with van der Waals surface area (Å²) < 4.78 is 15.9. The van der Waals surface area contributed by atoms with Gasteiger partial charge in [-0.15, -0.1) is 0 Å². The lowest BCUT2D eigenvalue weighted by molar-refractivity contribution is -0.148. The number of urea groups is 1. The van der Waals surface area contributed by atoms with Crippen LogP contribution in [0.3, 0.4) is 0 Å². The number of rotatable bonds is 4. The first-order valence-electron chi connectivity index (χ1n) is 7.42. The van der Waals surface area contributed by atoms with Gasteiger partial charge in [0.1, 0.15) is 5.92 Å². The van der Waals surface area contributed by atoms with Gasteiger partial charge in [0.15, 0.2) is 11.5 Å². The van der Waals surface area contributed by atoms with E-state index in [4.69, 9.17) is 14.2 Å². The summed E-state index contributed by atoms with van der Waals surface area (Å²) in [6.07, 6.45) is 0.722. The second-order valence-corrected chi connectivity index (χ2v) is 5.36. The Morgan fingerprint density at radius 2 is 2.17 bits per heavy atom. The van der Waals surface area contributed by atoms with Gasteiger partial charge >= 0.3 is 12.0 Å². The smallest absolute Gasteiger partial charge is 0.319 e. The molecule has 0 aromatic heterocycles. The molecule has 7 nitrogen and oxygen atoms in total. The highest BCUT2D eigenvalue weighted by molar-refractivity contribution is 5.85. The molecule has 2 aliphatic heterocycles. The van der Waals surface area contributed by atoms with E-state index >= 15 is 0 Å². The summed E-state index contributed by atoms with van der Waals surface area (Å²) in [5.74, 6) is 0.0890. The molecule has 122 valence electrons. The monoisotopic (exact) mass is 318 g/mol. The van der Waals surface area contributed by atoms with Gasteiger partial charge in [0.05, 0.1) is 12.6 Å². The molecule has 7 heteroatoms. The molecule has 1 fully saturated rings. The molecular weight excluding hydrogens is 300 g/mol. The summed E-state index contributed by atoms with van der Waals surface area (Å²) in [6, 6.07) is 4.32. The van der Waals surface area contributed by atoms with Crippen LogP contribution in [-0.2, 0) is 9.53 Å². The Bertz CT molecular complexity index is 658. The Balaban J connectivity index is 1.90. The minimum Gasteiger partial charge on any atom is -0.465 e. The number of nitrogens with one attached hydrogen (secondary N) is 2. The van der Waals surface area contributed by atoms with Gasteiger partial charge in [-0.05, 0) is 24.1 Å². The summed E-state index contributed by atoms with van der Waals surface area (Å²) >= 11 is 0. The van der Waals surface area contributed by atoms with Crippen LogP contribution < -0.4 is 20.1 Å². The molecule has 1 saturated heterocycles. The van der Waals surface area contributed by atoms with Crippen LogP contribution >= 0.6 is 0 Å². The first-order chi connectivity index (χ1) is 11.1. The zero-order chi connectivity index (χ0) is 16.4. The minimum atomic E-state index is -0.709. The van der Waals surface area contributed by atoms with E-state index in [-0.39, 0.29) is 6.79 Å². The van der Waals surface area contributed by atoms with Crippen molar-refractivity contribution in [3.05, 3.63) is 36.0 Å². The molecule has 0 saturated carbocycles. The standard InChI is InChI=1S/C16H18N2O5/c1-3-6-21-15(19)13-9(2)17-16(20)18-14(13)10-4-5-11-12(7-10)23-8-22-11/h4-5,7,13-14H,2-3,6,8H2,1H3,(H2,17,18,20)/t13-,14+/m0/s1. The van der Waals surface area contributed by atoms with Crippen molar-refractivity contribution in [2.45, 2.75) is 19.4 Å². The van der Waals surface area contributed by atoms with Crippen LogP contribution in [0, 0.1) is 5.92 Å². The van der Waals surface area contributed by atoms with Gasteiger partial charge in [-0.1, -0.05) is 19.6 Å². The molecule has 0 unspecified atom stereocenters. The first kappa shape index (κ1) is 15.2. The predicted molar refractivity (Wildman–Crippen MR) is 80.9 cm³/mol. The minimum absolute atomic E-state index is 0.159. The van der Waals surface area contributed by atoms with Crippen LogP contribution in [0.2, 0.25) is 0 Å². The lowest BCUT2D eigenvalue weighted by Crippen LogP contribution is -2.51. The van der Waals surface area contributed by atoms with Crippen LogP contribution in [0.25, 0.3) is 0 Å². The van der Waals surface area contributed by atoms with Crippen molar-refractivity contribution < 1.29 is 23.8 Å². The summed E-state index contributed by atoms with van der Waals surface area (Å²) in [7, 11) is 0. The summed E-state index contributed by atoms with van der Waals surface area (Å²) in [5, 5.41) is 5.29. The Labute approximate surface area is 133 Å². The van der Waals surface area contributed by atoms with Crippen molar-refractivity contribution in [3.8, 4) is 11.5 Å². The Morgan fingerprint density at radius 1 is 1.39 bits per heavy atom. The summed E-state index contributed by atoms with van der Waals surface area (Å²) in [5.41, 5.74) is 1.04. The van der Waals surface area contributed by atoms with E-state index in [2.05, 4.69) is 17.2 Å². The maximum absolute atomic E-state index is 12.4. The molecule has 3 rings (SSSR count). The maximum Gasteiger partial charge on any atom is 0.319 e. The van der Waals surface area contributed by atoms with Crippen LogP contribution in [-0.4, -0.2) is 25.4 Å². The third-order valence-electron chi connectivity index (χ3n) is 3.73. The van der Waals surface area contributed by atoms with E-state index in [9.17, 15) is 9.59 Å². The molecule has 2 N–H and O–H groups in total. The van der Waals surface area contributed by atoms with Crippen LogP contribution in [0.15, 0.2) is 30.5 Å². The number of hydrogen-bond acceptors (Lipinski definition) is 5. The molecule has 0 spiro atoms. The summed E-state index contributed by atoms with van der Waals surface area (Å²) in [4.78, 5) is 24.1. The largest absolute Gasteiger partial charge is 0.465 e. The molecule has 1 aromatic rings. The molecule has 2 heterocycles. The van der Waals surface area contributed by atoms with Crippen LogP contribution in [0.1, 0.15) is 24.9 Å². The third-order valence-corrected chi connectivity index (χ3v) is 3.73. The van der Waals surface area contributed by atoms with Gasteiger partial charge in [0.2, 0.25) is 6.79 Å². The molecule has 23 heavy (non-hydrogen) atoms. The molecule has 1 aromatic carbocycles. The van der Waals surface area contributed by atoms with Gasteiger partial charge in [0.25, 0.3) is 0 Å². The Hall–Kier alpha value is -2.70. The number of carbonyl (C=O) groups is 2. The van der Waals surface area contributed by atoms with Gasteiger partial charge in [-0.2, -0.15) is 0 Å². The Kier molecular flexibility index (Phi) is 4.10. The van der Waals surface area contributed by atoms with Crippen molar-refractivity contribution in [1.82, 2.24) is 10.6 Å². The number of hydrogen-bond donors (Lipinski definition) is 2. The molecule has 2 amide bonds. The average molecular weight is 318 g/mol. The van der Waals surface area contributed by atoms with Crippen molar-refractivity contribution in [2.75, 3.05) is 13.4 Å². The average Bonchev–Trinajstić information content (AvgIpc) is 2.99. The first-order valence-corrected chi connectivity index (χ1v) is 7.42. The normalized spacial score (nSPS) is 22.3. The SMILES string of the molecule is C=C1NC(=O)N[C@H](c2ccc3c(c2)OCO3)[C@H]1C(=O)OCCC. The van der Waals surface area contributed by atoms with Gasteiger partial charge in [-0.25, -0.2) is 4.79 Å². The van der Waals surface area contributed by atoms with Gasteiger partial charge < -0.3 is 24.8 Å². The molecular formula is C16H18N2O5. The van der Waals surface area contributed by atoms with Crippen molar-refractivity contribution in [1.29, 1.82) is 0 Å². The van der Waals surface area contributed by atoms with Crippen molar-refractivity contribution >= 4 is 12.0 Å². The number of esters is 1. The summed E-state index contributed by atoms with van der Waals surface area (Å²) in [6.45, 7) is 6.19. The molecule has 0 aliphatic carbocycles. The number of amides is 2. The Morgan fingerprint density at radius 3 is 2.96 bits per heavy atom. The third kappa shape index (κ3) is 2.94. The highest BCUT2D eigenvalue weighted by Crippen LogP contribution is 2.37. The lowest BCUT2D eigenvalue weighted by Gasteiger charge is -2.33.